The summed E-state index contributed by atoms with van der Waals surface area (Å²) in [7, 11) is 0. The number of aromatic carboxylic acids is 1. The summed E-state index contributed by atoms with van der Waals surface area (Å²) in [6, 6.07) is 14.2. The van der Waals surface area contributed by atoms with Crippen LogP contribution in [0.2, 0.25) is 5.02 Å². The quantitative estimate of drug-likeness (QED) is 0.639. The summed E-state index contributed by atoms with van der Waals surface area (Å²) < 4.78 is 0.764. The van der Waals surface area contributed by atoms with Crippen LogP contribution < -0.4 is 10.5 Å². The molecular formula is C16H11BrClN2O2-. The number of hydrazone groups is 1. The maximum absolute atomic E-state index is 10.9. The highest BCUT2D eigenvalue weighted by molar-refractivity contribution is 9.12. The van der Waals surface area contributed by atoms with Crippen molar-refractivity contribution in [2.45, 2.75) is 0 Å². The second kappa shape index (κ2) is 7.77. The van der Waals surface area contributed by atoms with E-state index < -0.39 is 5.97 Å². The van der Waals surface area contributed by atoms with E-state index in [4.69, 9.17) is 11.6 Å². The third-order valence-electron chi connectivity index (χ3n) is 2.67. The molecule has 0 atom stereocenters. The zero-order chi connectivity index (χ0) is 15.9. The van der Waals surface area contributed by atoms with Gasteiger partial charge in [-0.1, -0.05) is 41.9 Å². The van der Waals surface area contributed by atoms with E-state index in [1.165, 1.54) is 12.1 Å². The minimum Gasteiger partial charge on any atom is -0.545 e. The summed E-state index contributed by atoms with van der Waals surface area (Å²) in [6.07, 6.45) is 3.47. The summed E-state index contributed by atoms with van der Waals surface area (Å²) in [5.74, 6) is -1.33. The van der Waals surface area contributed by atoms with Crippen LogP contribution in [0.3, 0.4) is 0 Å². The van der Waals surface area contributed by atoms with Crippen LogP contribution in [0.25, 0.3) is 6.08 Å². The zero-order valence-corrected chi connectivity index (χ0v) is 13.6. The Kier molecular flexibility index (Phi) is 5.75. The Morgan fingerprint density at radius 3 is 2.64 bits per heavy atom. The molecule has 0 spiro atoms. The lowest BCUT2D eigenvalue weighted by Gasteiger charge is -2.07. The number of allylic oxidation sites excluding steroid dienone is 1. The molecule has 6 heteroatoms. The molecule has 4 nitrogen and oxygen atoms in total. The second-order valence-corrected chi connectivity index (χ2v) is 5.61. The number of hydrogen-bond donors (Lipinski definition) is 1. The average Bonchev–Trinajstić information content (AvgIpc) is 2.49. The lowest BCUT2D eigenvalue weighted by Crippen LogP contribution is -2.22. The molecular weight excluding hydrogens is 368 g/mol. The van der Waals surface area contributed by atoms with Gasteiger partial charge in [0.25, 0.3) is 0 Å². The molecule has 0 unspecified atom stereocenters. The van der Waals surface area contributed by atoms with Crippen molar-refractivity contribution in [2.75, 3.05) is 5.43 Å². The van der Waals surface area contributed by atoms with Gasteiger partial charge in [-0.2, -0.15) is 5.10 Å². The lowest BCUT2D eigenvalue weighted by molar-refractivity contribution is -0.255. The van der Waals surface area contributed by atoms with E-state index in [-0.39, 0.29) is 10.6 Å². The molecule has 0 aliphatic heterocycles. The molecule has 0 aliphatic rings. The number of nitrogens with zero attached hydrogens (tertiary/aromatic N) is 1. The van der Waals surface area contributed by atoms with Crippen LogP contribution in [0, 0.1) is 0 Å². The van der Waals surface area contributed by atoms with Gasteiger partial charge in [0, 0.05) is 15.1 Å². The molecule has 0 aromatic heterocycles. The highest BCUT2D eigenvalue weighted by atomic mass is 79.9. The van der Waals surface area contributed by atoms with Crippen LogP contribution in [-0.2, 0) is 0 Å². The molecule has 2 rings (SSSR count). The number of carboxylic acid groups (broad SMARTS) is 1. The molecule has 0 saturated carbocycles. The van der Waals surface area contributed by atoms with Crippen molar-refractivity contribution < 1.29 is 9.90 Å². The predicted octanol–water partition coefficient (Wildman–Crippen LogP) is 3.54. The van der Waals surface area contributed by atoms with Gasteiger partial charge in [-0.05, 0) is 45.8 Å². The van der Waals surface area contributed by atoms with Gasteiger partial charge in [-0.25, -0.2) is 0 Å². The van der Waals surface area contributed by atoms with Crippen LogP contribution in [0.5, 0.6) is 0 Å². The summed E-state index contributed by atoms with van der Waals surface area (Å²) in [6.45, 7) is 0. The number of anilines is 1. The number of nitrogens with one attached hydrogen (secondary N) is 1. The molecule has 0 radical (unpaired) electrons. The van der Waals surface area contributed by atoms with Crippen molar-refractivity contribution in [2.24, 2.45) is 5.10 Å². The van der Waals surface area contributed by atoms with Crippen molar-refractivity contribution in [1.29, 1.82) is 0 Å². The first-order chi connectivity index (χ1) is 10.6. The minimum absolute atomic E-state index is 0.0826. The van der Waals surface area contributed by atoms with Gasteiger partial charge in [-0.15, -0.1) is 0 Å². The molecule has 2 aromatic carbocycles. The Morgan fingerprint density at radius 1 is 1.23 bits per heavy atom. The first kappa shape index (κ1) is 16.3. The summed E-state index contributed by atoms with van der Waals surface area (Å²) >= 11 is 9.15. The maximum atomic E-state index is 10.9. The minimum atomic E-state index is -1.33. The third-order valence-corrected chi connectivity index (χ3v) is 3.44. The van der Waals surface area contributed by atoms with Gasteiger partial charge in [0.15, 0.2) is 0 Å². The van der Waals surface area contributed by atoms with Gasteiger partial charge >= 0.3 is 0 Å². The number of hydrogen-bond acceptors (Lipinski definition) is 4. The summed E-state index contributed by atoms with van der Waals surface area (Å²) in [4.78, 5) is 10.9. The molecule has 0 saturated heterocycles. The standard InChI is InChI=1S/C16H12BrClN2O2/c17-12(8-11-4-2-1-3-5-11)10-19-20-13-6-7-15(18)14(9-13)16(21)22/h1-10,20H,(H,21,22)/p-1/b12-8+,19-10?. The Bertz CT molecular complexity index is 730. The molecule has 1 N–H and O–H groups in total. The molecule has 0 aliphatic carbocycles. The van der Waals surface area contributed by atoms with E-state index in [2.05, 4.69) is 26.5 Å². The number of carbonyl (C=O) groups is 1. The maximum Gasteiger partial charge on any atom is 0.0731 e. The Morgan fingerprint density at radius 2 is 1.95 bits per heavy atom. The van der Waals surface area contributed by atoms with Gasteiger partial charge in [0.2, 0.25) is 0 Å². The Balaban J connectivity index is 2.05. The monoisotopic (exact) mass is 377 g/mol. The third kappa shape index (κ3) is 4.72. The largest absolute Gasteiger partial charge is 0.545 e. The van der Waals surface area contributed by atoms with Crippen LogP contribution in [0.1, 0.15) is 15.9 Å². The number of benzene rings is 2. The number of carbonyl (C=O) groups excluding carboxylic acids is 1. The normalized spacial score (nSPS) is 11.6. The topological polar surface area (TPSA) is 64.5 Å². The summed E-state index contributed by atoms with van der Waals surface area (Å²) in [5, 5.41) is 15.0. The average molecular weight is 379 g/mol. The van der Waals surface area contributed by atoms with E-state index >= 15 is 0 Å². The smallest absolute Gasteiger partial charge is 0.0731 e. The first-order valence-corrected chi connectivity index (χ1v) is 7.45. The molecule has 0 fully saturated rings. The number of halogens is 2. The second-order valence-electron chi connectivity index (χ2n) is 4.29. The number of carboxylic acids is 1. The summed E-state index contributed by atoms with van der Waals surface area (Å²) in [5.41, 5.74) is 4.18. The molecule has 0 bridgehead atoms. The van der Waals surface area contributed by atoms with Crippen molar-refractivity contribution in [3.63, 3.8) is 0 Å². The van der Waals surface area contributed by atoms with Gasteiger partial charge in [0.1, 0.15) is 0 Å². The van der Waals surface area contributed by atoms with Crippen LogP contribution in [-0.4, -0.2) is 12.2 Å². The zero-order valence-electron chi connectivity index (χ0n) is 11.3. The van der Waals surface area contributed by atoms with E-state index in [0.29, 0.717) is 5.69 Å². The predicted molar refractivity (Wildman–Crippen MR) is 91.2 cm³/mol. The van der Waals surface area contributed by atoms with Crippen LogP contribution >= 0.6 is 27.5 Å². The van der Waals surface area contributed by atoms with Crippen molar-refractivity contribution in [3.8, 4) is 0 Å². The fraction of sp³-hybridized carbons (Fsp3) is 0. The highest BCUT2D eigenvalue weighted by Gasteiger charge is 2.02. The van der Waals surface area contributed by atoms with E-state index in [0.717, 1.165) is 10.0 Å². The SMILES string of the molecule is O=C([O-])c1cc(NN=C/C(Br)=C\c2ccccc2)ccc1Cl. The van der Waals surface area contributed by atoms with E-state index in [1.807, 2.05) is 36.4 Å². The number of rotatable bonds is 5. The molecule has 112 valence electrons. The van der Waals surface area contributed by atoms with Crippen LogP contribution in [0.4, 0.5) is 5.69 Å². The van der Waals surface area contributed by atoms with Gasteiger partial charge in [-0.3, -0.25) is 5.43 Å². The molecule has 0 heterocycles. The molecule has 22 heavy (non-hydrogen) atoms. The van der Waals surface area contributed by atoms with Crippen molar-refractivity contribution in [1.82, 2.24) is 0 Å². The first-order valence-electron chi connectivity index (χ1n) is 6.28. The van der Waals surface area contributed by atoms with E-state index in [9.17, 15) is 9.90 Å². The highest BCUT2D eigenvalue weighted by Crippen LogP contribution is 2.20. The Labute approximate surface area is 141 Å². The van der Waals surface area contributed by atoms with Gasteiger partial charge < -0.3 is 9.90 Å². The van der Waals surface area contributed by atoms with Crippen molar-refractivity contribution in [3.05, 3.63) is 69.2 Å². The fourth-order valence-electron chi connectivity index (χ4n) is 1.67. The van der Waals surface area contributed by atoms with Gasteiger partial charge in [0.05, 0.1) is 17.9 Å². The van der Waals surface area contributed by atoms with Crippen LogP contribution in [0.15, 0.2) is 58.1 Å². The fourth-order valence-corrected chi connectivity index (χ4v) is 2.23. The van der Waals surface area contributed by atoms with Crippen molar-refractivity contribution >= 4 is 51.5 Å². The molecule has 0 amide bonds. The Hall–Kier alpha value is -2.11. The lowest BCUT2D eigenvalue weighted by atomic mass is 10.2. The molecule has 2 aromatic rings. The van der Waals surface area contributed by atoms with E-state index in [1.54, 1.807) is 12.3 Å².